The maximum Gasteiger partial charge on any atom is 0.262 e. The largest absolute Gasteiger partial charge is 0.493 e. The van der Waals surface area contributed by atoms with Crippen LogP contribution in [-0.4, -0.2) is 31.2 Å². The van der Waals surface area contributed by atoms with Gasteiger partial charge in [-0.3, -0.25) is 9.59 Å². The number of methoxy groups -OCH3 is 1. The van der Waals surface area contributed by atoms with E-state index in [1.54, 1.807) is 37.4 Å². The monoisotopic (exact) mass is 507 g/mol. The number of amides is 2. The first kappa shape index (κ1) is 26.8. The quantitative estimate of drug-likeness (QED) is 0.294. The van der Waals surface area contributed by atoms with E-state index in [-0.39, 0.29) is 11.8 Å². The van der Waals surface area contributed by atoms with Gasteiger partial charge in [-0.1, -0.05) is 55.3 Å². The molecule has 188 valence electrons. The number of aryl methyl sites for hydroxylation is 1. The van der Waals surface area contributed by atoms with Crippen molar-refractivity contribution in [3.05, 3.63) is 94.0 Å². The number of carbonyl (C=O) groups is 2. The number of ether oxygens (including phenoxy) is 2. The molecular weight excluding hydrogens is 478 g/mol. The standard InChI is InChI=1S/C28H30ClN3O4/c1-18(2)26(31-27(33)22-10-5-19(3)6-11-22)28(34)32-30-16-21-9-14-24(25(15-21)35-4)36-17-20-7-12-23(29)13-8-20/h5-16,18,26H,17H2,1-4H3,(H,31,33)(H,32,34). The van der Waals surface area contributed by atoms with Crippen LogP contribution in [0.5, 0.6) is 11.5 Å². The third kappa shape index (κ3) is 7.58. The Balaban J connectivity index is 1.60. The molecule has 3 aromatic carbocycles. The number of hydrazone groups is 1. The van der Waals surface area contributed by atoms with Crippen molar-refractivity contribution in [2.75, 3.05) is 7.11 Å². The molecule has 0 spiro atoms. The van der Waals surface area contributed by atoms with Gasteiger partial charge < -0.3 is 14.8 Å². The van der Waals surface area contributed by atoms with Gasteiger partial charge in [0.25, 0.3) is 11.8 Å². The first-order valence-electron chi connectivity index (χ1n) is 11.5. The van der Waals surface area contributed by atoms with Crippen LogP contribution in [0.1, 0.15) is 40.9 Å². The summed E-state index contributed by atoms with van der Waals surface area (Å²) >= 11 is 5.92. The normalized spacial score (nSPS) is 11.8. The molecule has 0 heterocycles. The lowest BCUT2D eigenvalue weighted by Crippen LogP contribution is -2.48. The van der Waals surface area contributed by atoms with Crippen molar-refractivity contribution in [2.45, 2.75) is 33.4 Å². The van der Waals surface area contributed by atoms with Crippen molar-refractivity contribution in [3.8, 4) is 11.5 Å². The summed E-state index contributed by atoms with van der Waals surface area (Å²) < 4.78 is 11.3. The van der Waals surface area contributed by atoms with Crippen molar-refractivity contribution < 1.29 is 19.1 Å². The number of halogens is 1. The molecule has 8 heteroatoms. The van der Waals surface area contributed by atoms with Crippen LogP contribution in [-0.2, 0) is 11.4 Å². The molecule has 0 aromatic heterocycles. The number of hydrogen-bond acceptors (Lipinski definition) is 5. The molecule has 0 aliphatic heterocycles. The summed E-state index contributed by atoms with van der Waals surface area (Å²) in [6.45, 7) is 6.03. The van der Waals surface area contributed by atoms with Gasteiger partial charge in [0.15, 0.2) is 11.5 Å². The molecule has 0 saturated carbocycles. The van der Waals surface area contributed by atoms with Crippen LogP contribution in [0.2, 0.25) is 5.02 Å². The Morgan fingerprint density at radius 3 is 2.33 bits per heavy atom. The fourth-order valence-corrected chi connectivity index (χ4v) is 3.46. The second kappa shape index (κ2) is 12.7. The summed E-state index contributed by atoms with van der Waals surface area (Å²) in [5.74, 6) is 0.257. The molecule has 2 amide bonds. The Kier molecular flexibility index (Phi) is 9.47. The molecule has 1 atom stereocenters. The van der Waals surface area contributed by atoms with Gasteiger partial charge in [0.2, 0.25) is 0 Å². The minimum Gasteiger partial charge on any atom is -0.493 e. The number of rotatable bonds is 10. The van der Waals surface area contributed by atoms with Gasteiger partial charge >= 0.3 is 0 Å². The van der Waals surface area contributed by atoms with Gasteiger partial charge in [0.05, 0.1) is 13.3 Å². The third-order valence-corrected chi connectivity index (χ3v) is 5.69. The van der Waals surface area contributed by atoms with Crippen LogP contribution in [0.15, 0.2) is 71.8 Å². The van der Waals surface area contributed by atoms with E-state index in [1.807, 2.05) is 57.2 Å². The molecule has 2 N–H and O–H groups in total. The van der Waals surface area contributed by atoms with Crippen LogP contribution in [0.25, 0.3) is 0 Å². The second-order valence-electron chi connectivity index (χ2n) is 8.62. The Labute approximate surface area is 216 Å². The van der Waals surface area contributed by atoms with Crippen molar-refractivity contribution in [1.82, 2.24) is 10.7 Å². The van der Waals surface area contributed by atoms with Crippen molar-refractivity contribution >= 4 is 29.6 Å². The average Bonchev–Trinajstić information content (AvgIpc) is 2.87. The lowest BCUT2D eigenvalue weighted by molar-refractivity contribution is -0.123. The highest BCUT2D eigenvalue weighted by Crippen LogP contribution is 2.28. The van der Waals surface area contributed by atoms with Gasteiger partial charge in [0.1, 0.15) is 12.6 Å². The summed E-state index contributed by atoms with van der Waals surface area (Å²) in [5.41, 5.74) is 5.74. The van der Waals surface area contributed by atoms with E-state index in [1.165, 1.54) is 6.21 Å². The Hall–Kier alpha value is -3.84. The maximum atomic E-state index is 12.7. The molecule has 3 rings (SSSR count). The average molecular weight is 508 g/mol. The lowest BCUT2D eigenvalue weighted by atomic mass is 10.0. The predicted octanol–water partition coefficient (Wildman–Crippen LogP) is 5.14. The Morgan fingerprint density at radius 2 is 1.69 bits per heavy atom. The number of nitrogens with zero attached hydrogens (tertiary/aromatic N) is 1. The third-order valence-electron chi connectivity index (χ3n) is 5.43. The number of nitrogens with one attached hydrogen (secondary N) is 2. The zero-order valence-electron chi connectivity index (χ0n) is 20.7. The summed E-state index contributed by atoms with van der Waals surface area (Å²) in [6.07, 6.45) is 1.50. The molecular formula is C28H30ClN3O4. The van der Waals surface area contributed by atoms with E-state index in [0.29, 0.717) is 34.3 Å². The number of carbonyl (C=O) groups excluding carboxylic acids is 2. The first-order chi connectivity index (χ1) is 17.3. The Bertz CT molecular complexity index is 1210. The van der Waals surface area contributed by atoms with E-state index < -0.39 is 11.9 Å². The van der Waals surface area contributed by atoms with Gasteiger partial charge in [0, 0.05) is 10.6 Å². The number of hydrogen-bond donors (Lipinski definition) is 2. The number of benzene rings is 3. The summed E-state index contributed by atoms with van der Waals surface area (Å²) in [5, 5.41) is 7.51. The van der Waals surface area contributed by atoms with Crippen molar-refractivity contribution in [2.24, 2.45) is 11.0 Å². The second-order valence-corrected chi connectivity index (χ2v) is 9.06. The fourth-order valence-electron chi connectivity index (χ4n) is 3.33. The van der Waals surface area contributed by atoms with Crippen molar-refractivity contribution in [1.29, 1.82) is 0 Å². The molecule has 1 unspecified atom stereocenters. The van der Waals surface area contributed by atoms with Crippen LogP contribution in [0.3, 0.4) is 0 Å². The van der Waals surface area contributed by atoms with E-state index in [4.69, 9.17) is 21.1 Å². The molecule has 0 fully saturated rings. The Morgan fingerprint density at radius 1 is 1.00 bits per heavy atom. The fraction of sp³-hybridized carbons (Fsp3) is 0.250. The molecule has 0 saturated heterocycles. The SMILES string of the molecule is COc1cc(C=NNC(=O)C(NC(=O)c2ccc(C)cc2)C(C)C)ccc1OCc1ccc(Cl)cc1. The van der Waals surface area contributed by atoms with E-state index >= 15 is 0 Å². The first-order valence-corrected chi connectivity index (χ1v) is 11.9. The molecule has 7 nitrogen and oxygen atoms in total. The predicted molar refractivity (Wildman–Crippen MR) is 142 cm³/mol. The molecule has 0 radical (unpaired) electrons. The summed E-state index contributed by atoms with van der Waals surface area (Å²) in [6, 6.07) is 19.2. The summed E-state index contributed by atoms with van der Waals surface area (Å²) in [7, 11) is 1.55. The van der Waals surface area contributed by atoms with Gasteiger partial charge in [-0.25, -0.2) is 5.43 Å². The zero-order chi connectivity index (χ0) is 26.1. The molecule has 3 aromatic rings. The summed E-state index contributed by atoms with van der Waals surface area (Å²) in [4.78, 5) is 25.3. The maximum absolute atomic E-state index is 12.7. The van der Waals surface area contributed by atoms with Crippen LogP contribution < -0.4 is 20.2 Å². The highest BCUT2D eigenvalue weighted by atomic mass is 35.5. The molecule has 0 aliphatic carbocycles. The van der Waals surface area contributed by atoms with E-state index in [2.05, 4.69) is 15.8 Å². The van der Waals surface area contributed by atoms with Crippen molar-refractivity contribution in [3.63, 3.8) is 0 Å². The van der Waals surface area contributed by atoms with Gasteiger partial charge in [-0.05, 0) is 66.4 Å². The molecule has 0 bridgehead atoms. The van der Waals surface area contributed by atoms with Gasteiger partial charge in [-0.2, -0.15) is 5.10 Å². The highest BCUT2D eigenvalue weighted by molar-refractivity contribution is 6.30. The minimum absolute atomic E-state index is 0.133. The van der Waals surface area contributed by atoms with E-state index in [0.717, 1.165) is 11.1 Å². The molecule has 36 heavy (non-hydrogen) atoms. The van der Waals surface area contributed by atoms with Crippen LogP contribution in [0.4, 0.5) is 0 Å². The minimum atomic E-state index is -0.742. The topological polar surface area (TPSA) is 89.0 Å². The zero-order valence-corrected chi connectivity index (χ0v) is 21.5. The van der Waals surface area contributed by atoms with Crippen LogP contribution in [0, 0.1) is 12.8 Å². The van der Waals surface area contributed by atoms with Crippen LogP contribution >= 0.6 is 11.6 Å². The highest BCUT2D eigenvalue weighted by Gasteiger charge is 2.24. The molecule has 0 aliphatic rings. The lowest BCUT2D eigenvalue weighted by Gasteiger charge is -2.20. The smallest absolute Gasteiger partial charge is 0.262 e. The van der Waals surface area contributed by atoms with Gasteiger partial charge in [-0.15, -0.1) is 0 Å². The van der Waals surface area contributed by atoms with E-state index in [9.17, 15) is 9.59 Å².